The maximum Gasteiger partial charge on any atom is 0.256 e. The molecule has 1 aliphatic carbocycles. The Morgan fingerprint density at radius 1 is 0.946 bits per heavy atom. The second-order valence-corrected chi connectivity index (χ2v) is 9.91. The number of hydrogen-bond acceptors (Lipinski definition) is 4. The van der Waals surface area contributed by atoms with Crippen LogP contribution in [0, 0.1) is 0 Å². The van der Waals surface area contributed by atoms with E-state index in [9.17, 15) is 9.59 Å². The van der Waals surface area contributed by atoms with Crippen LogP contribution in [0.2, 0.25) is 0 Å². The summed E-state index contributed by atoms with van der Waals surface area (Å²) in [5, 5.41) is 0. The summed E-state index contributed by atoms with van der Waals surface area (Å²) in [5.41, 5.74) is 3.12. The third-order valence-corrected chi connectivity index (χ3v) is 7.46. The molecule has 0 spiro atoms. The molecule has 6 rings (SSSR count). The predicted octanol–water partition coefficient (Wildman–Crippen LogP) is 5.16. The molecule has 0 bridgehead atoms. The number of aromatic nitrogens is 2. The molecule has 1 N–H and O–H groups in total. The van der Waals surface area contributed by atoms with Crippen LogP contribution in [0.3, 0.4) is 0 Å². The summed E-state index contributed by atoms with van der Waals surface area (Å²) < 4.78 is 6.05. The number of carbonyl (C=O) groups excluding carboxylic acids is 1. The fraction of sp³-hybridized carbons (Fsp3) is 0.258. The Morgan fingerprint density at radius 2 is 1.65 bits per heavy atom. The Morgan fingerprint density at radius 3 is 2.41 bits per heavy atom. The zero-order valence-corrected chi connectivity index (χ0v) is 20.7. The lowest BCUT2D eigenvalue weighted by Gasteiger charge is -2.22. The van der Waals surface area contributed by atoms with Gasteiger partial charge in [0.1, 0.15) is 17.3 Å². The second kappa shape index (κ2) is 9.69. The number of amides is 1. The van der Waals surface area contributed by atoms with Crippen molar-refractivity contribution >= 4 is 5.91 Å². The molecule has 37 heavy (non-hydrogen) atoms. The molecule has 1 aliphatic heterocycles. The van der Waals surface area contributed by atoms with Gasteiger partial charge in [0.2, 0.25) is 5.91 Å². The molecule has 186 valence electrons. The first kappa shape index (κ1) is 23.2. The number of benzene rings is 3. The van der Waals surface area contributed by atoms with E-state index in [1.165, 1.54) is 5.56 Å². The lowest BCUT2D eigenvalue weighted by molar-refractivity contribution is -0.131. The quantitative estimate of drug-likeness (QED) is 0.404. The summed E-state index contributed by atoms with van der Waals surface area (Å²) in [6.45, 7) is 0.867. The number of carbonyl (C=O) groups is 1. The van der Waals surface area contributed by atoms with Gasteiger partial charge in [-0.1, -0.05) is 66.7 Å². The first-order valence-corrected chi connectivity index (χ1v) is 12.9. The largest absolute Gasteiger partial charge is 0.457 e. The zero-order valence-electron chi connectivity index (χ0n) is 20.7. The van der Waals surface area contributed by atoms with Crippen LogP contribution in [0.4, 0.5) is 0 Å². The summed E-state index contributed by atoms with van der Waals surface area (Å²) in [6.07, 6.45) is 3.63. The summed E-state index contributed by atoms with van der Waals surface area (Å²) >= 11 is 0. The lowest BCUT2D eigenvalue weighted by Crippen LogP contribution is -2.34. The first-order valence-electron chi connectivity index (χ1n) is 12.9. The third kappa shape index (κ3) is 4.67. The van der Waals surface area contributed by atoms with E-state index in [4.69, 9.17) is 9.72 Å². The highest BCUT2D eigenvalue weighted by atomic mass is 16.5. The molecule has 0 atom stereocenters. The van der Waals surface area contributed by atoms with E-state index in [0.29, 0.717) is 24.3 Å². The molecular formula is C31H29N3O3. The van der Waals surface area contributed by atoms with Crippen LogP contribution in [0.1, 0.15) is 47.5 Å². The van der Waals surface area contributed by atoms with E-state index in [2.05, 4.69) is 17.1 Å². The molecule has 1 saturated carbocycles. The van der Waals surface area contributed by atoms with Crippen LogP contribution >= 0.6 is 0 Å². The van der Waals surface area contributed by atoms with Gasteiger partial charge in [0.15, 0.2) is 0 Å². The van der Waals surface area contributed by atoms with Crippen molar-refractivity contribution in [3.63, 3.8) is 0 Å². The van der Waals surface area contributed by atoms with Crippen molar-refractivity contribution in [3.8, 4) is 11.5 Å². The van der Waals surface area contributed by atoms with Crippen molar-refractivity contribution in [1.29, 1.82) is 0 Å². The molecule has 6 heteroatoms. The van der Waals surface area contributed by atoms with Crippen LogP contribution < -0.4 is 10.3 Å². The van der Waals surface area contributed by atoms with E-state index in [-0.39, 0.29) is 29.8 Å². The number of nitrogens with zero attached hydrogens (tertiary/aromatic N) is 2. The minimum Gasteiger partial charge on any atom is -0.457 e. The third-order valence-electron chi connectivity index (χ3n) is 7.46. The van der Waals surface area contributed by atoms with Crippen LogP contribution in [-0.4, -0.2) is 27.3 Å². The number of nitrogens with one attached hydrogen (secondary N) is 1. The van der Waals surface area contributed by atoms with Gasteiger partial charge in [-0.2, -0.15) is 0 Å². The van der Waals surface area contributed by atoms with Crippen LogP contribution in [0.25, 0.3) is 0 Å². The molecule has 1 fully saturated rings. The number of fused-ring (bicyclic) bond motifs is 1. The van der Waals surface area contributed by atoms with E-state index in [1.54, 1.807) is 4.90 Å². The Balaban J connectivity index is 1.22. The van der Waals surface area contributed by atoms with Crippen molar-refractivity contribution in [2.75, 3.05) is 6.54 Å². The molecular weight excluding hydrogens is 462 g/mol. The number of aromatic amines is 1. The number of hydrogen-bond donors (Lipinski definition) is 1. The summed E-state index contributed by atoms with van der Waals surface area (Å²) in [4.78, 5) is 36.5. The van der Waals surface area contributed by atoms with Gasteiger partial charge in [0.05, 0.1) is 29.6 Å². The van der Waals surface area contributed by atoms with Crippen molar-refractivity contribution in [2.45, 2.75) is 44.1 Å². The van der Waals surface area contributed by atoms with Gasteiger partial charge >= 0.3 is 0 Å². The van der Waals surface area contributed by atoms with Gasteiger partial charge < -0.3 is 14.6 Å². The zero-order chi connectivity index (χ0) is 25.2. The number of H-pyrrole nitrogens is 1. The molecule has 2 aliphatic rings. The van der Waals surface area contributed by atoms with E-state index >= 15 is 0 Å². The molecule has 0 radical (unpaired) electrons. The van der Waals surface area contributed by atoms with Crippen LogP contribution in [0.5, 0.6) is 11.5 Å². The van der Waals surface area contributed by atoms with Gasteiger partial charge in [0.25, 0.3) is 5.56 Å². The molecule has 0 saturated heterocycles. The van der Waals surface area contributed by atoms with E-state index < -0.39 is 0 Å². The molecule has 1 aromatic heterocycles. The molecule has 2 heterocycles. The van der Waals surface area contributed by atoms with Crippen molar-refractivity contribution < 1.29 is 9.53 Å². The SMILES string of the molecule is O=C(Cc1ccccc1Oc1ccccc1)N1CCCc2nc(C3(c4ccccc4)CC3)[nH]c(=O)c2C1. The minimum absolute atomic E-state index is 0.0246. The molecule has 1 amide bonds. The maximum absolute atomic E-state index is 13.4. The van der Waals surface area contributed by atoms with Gasteiger partial charge in [-0.3, -0.25) is 9.59 Å². The molecule has 4 aromatic rings. The fourth-order valence-corrected chi connectivity index (χ4v) is 5.25. The predicted molar refractivity (Wildman–Crippen MR) is 142 cm³/mol. The van der Waals surface area contributed by atoms with Crippen LogP contribution in [0.15, 0.2) is 89.7 Å². The highest BCUT2D eigenvalue weighted by Gasteiger charge is 2.48. The van der Waals surface area contributed by atoms with Crippen LogP contribution in [-0.2, 0) is 29.6 Å². The van der Waals surface area contributed by atoms with E-state index in [1.807, 2.05) is 72.8 Å². The van der Waals surface area contributed by atoms with Gasteiger partial charge in [-0.05, 0) is 49.4 Å². The Kier molecular flexibility index (Phi) is 6.08. The van der Waals surface area contributed by atoms with Crippen molar-refractivity contribution in [2.24, 2.45) is 0 Å². The topological polar surface area (TPSA) is 75.3 Å². The maximum atomic E-state index is 13.4. The Hall–Kier alpha value is -4.19. The average Bonchev–Trinajstić information content (AvgIpc) is 3.76. The normalized spacial score (nSPS) is 15.9. The standard InChI is InChI=1S/C31H29N3O3/c35-28(20-22-10-7-8-16-27(22)37-24-13-5-2-6-14-24)34-19-9-15-26-25(21-34)29(36)33-30(32-26)31(17-18-31)23-11-3-1-4-12-23/h1-8,10-14,16H,9,15,17-21H2,(H,32,33,36). The molecule has 3 aromatic carbocycles. The molecule has 6 nitrogen and oxygen atoms in total. The van der Waals surface area contributed by atoms with Gasteiger partial charge in [-0.15, -0.1) is 0 Å². The minimum atomic E-state index is -0.195. The number of aryl methyl sites for hydroxylation is 1. The molecule has 0 unspecified atom stereocenters. The smallest absolute Gasteiger partial charge is 0.256 e. The Bertz CT molecular complexity index is 1480. The highest BCUT2D eigenvalue weighted by Crippen LogP contribution is 2.51. The van der Waals surface area contributed by atoms with Gasteiger partial charge in [0, 0.05) is 12.1 Å². The highest BCUT2D eigenvalue weighted by molar-refractivity contribution is 5.79. The summed E-state index contributed by atoms with van der Waals surface area (Å²) in [5.74, 6) is 2.12. The number of rotatable bonds is 6. The average molecular weight is 492 g/mol. The number of para-hydroxylation sites is 2. The fourth-order valence-electron chi connectivity index (χ4n) is 5.25. The van der Waals surface area contributed by atoms with Gasteiger partial charge in [-0.25, -0.2) is 4.98 Å². The van der Waals surface area contributed by atoms with Crippen molar-refractivity contribution in [1.82, 2.24) is 14.9 Å². The first-order chi connectivity index (χ1) is 18.1. The summed E-state index contributed by atoms with van der Waals surface area (Å²) in [6, 6.07) is 27.4. The van der Waals surface area contributed by atoms with E-state index in [0.717, 1.165) is 42.1 Å². The monoisotopic (exact) mass is 491 g/mol. The number of ether oxygens (including phenoxy) is 1. The Labute approximate surface area is 216 Å². The lowest BCUT2D eigenvalue weighted by atomic mass is 9.94. The second-order valence-electron chi connectivity index (χ2n) is 9.91. The summed E-state index contributed by atoms with van der Waals surface area (Å²) in [7, 11) is 0. The van der Waals surface area contributed by atoms with Crippen molar-refractivity contribution in [3.05, 3.63) is 123 Å².